The van der Waals surface area contributed by atoms with Gasteiger partial charge in [0.1, 0.15) is 5.60 Å². The lowest BCUT2D eigenvalue weighted by atomic mass is 9.45. The van der Waals surface area contributed by atoms with Crippen LogP contribution in [0.5, 0.6) is 0 Å². The molecule has 0 unspecified atom stereocenters. The summed E-state index contributed by atoms with van der Waals surface area (Å²) in [5.41, 5.74) is -0.471. The second kappa shape index (κ2) is 4.64. The molecule has 5 heteroatoms. The number of carboxylic acid groups (broad SMARTS) is 1. The highest BCUT2D eigenvalue weighted by atomic mass is 16.6. The van der Waals surface area contributed by atoms with E-state index in [9.17, 15) is 14.7 Å². The molecule has 0 spiro atoms. The number of fused-ring (bicyclic) bond motifs is 2. The topological polar surface area (TPSA) is 75.6 Å². The van der Waals surface area contributed by atoms with E-state index in [0.717, 1.165) is 6.42 Å². The first-order valence-corrected chi connectivity index (χ1v) is 7.24. The highest BCUT2D eigenvalue weighted by Gasteiger charge is 2.59. The van der Waals surface area contributed by atoms with Crippen LogP contribution >= 0.6 is 0 Å². The van der Waals surface area contributed by atoms with E-state index in [-0.39, 0.29) is 17.4 Å². The van der Waals surface area contributed by atoms with E-state index in [0.29, 0.717) is 12.3 Å². The number of carbonyl (C=O) groups excluding carboxylic acids is 1. The number of hydrogen-bond donors (Lipinski definition) is 2. The molecule has 3 aliphatic carbocycles. The fraction of sp³-hybridized carbons (Fsp3) is 0.867. The van der Waals surface area contributed by atoms with Gasteiger partial charge in [-0.3, -0.25) is 4.79 Å². The first-order valence-electron chi connectivity index (χ1n) is 7.24. The molecule has 114 valence electrons. The average molecular weight is 283 g/mol. The molecule has 3 fully saturated rings. The number of rotatable bonds is 2. The minimum atomic E-state index is -0.823. The monoisotopic (exact) mass is 283 g/mol. The number of hydrogen-bond acceptors (Lipinski definition) is 3. The van der Waals surface area contributed by atoms with Gasteiger partial charge >= 0.3 is 12.1 Å². The van der Waals surface area contributed by atoms with Gasteiger partial charge in [0.15, 0.2) is 0 Å². The normalized spacial score (nSPS) is 34.9. The van der Waals surface area contributed by atoms with Crippen molar-refractivity contribution in [1.82, 2.24) is 5.32 Å². The molecule has 20 heavy (non-hydrogen) atoms. The summed E-state index contributed by atoms with van der Waals surface area (Å²) < 4.78 is 5.26. The van der Waals surface area contributed by atoms with Crippen LogP contribution in [-0.2, 0) is 9.53 Å². The van der Waals surface area contributed by atoms with Crippen molar-refractivity contribution in [2.24, 2.45) is 23.2 Å². The van der Waals surface area contributed by atoms with E-state index in [1.165, 1.54) is 0 Å². The lowest BCUT2D eigenvalue weighted by Crippen LogP contribution is -2.65. The molecule has 3 rings (SSSR count). The van der Waals surface area contributed by atoms with Gasteiger partial charge < -0.3 is 15.2 Å². The fourth-order valence-electron chi connectivity index (χ4n) is 3.70. The average Bonchev–Trinajstić information content (AvgIpc) is 2.25. The molecule has 1 amide bonds. The summed E-state index contributed by atoms with van der Waals surface area (Å²) in [7, 11) is 0. The van der Waals surface area contributed by atoms with Crippen LogP contribution in [0.2, 0.25) is 0 Å². The molecule has 0 aromatic rings. The van der Waals surface area contributed by atoms with Gasteiger partial charge in [0.25, 0.3) is 0 Å². The fourth-order valence-corrected chi connectivity index (χ4v) is 3.70. The summed E-state index contributed by atoms with van der Waals surface area (Å²) >= 11 is 0. The van der Waals surface area contributed by atoms with Gasteiger partial charge in [-0.2, -0.15) is 0 Å². The summed E-state index contributed by atoms with van der Waals surface area (Å²) in [6, 6.07) is -0.331. The number of carboxylic acids is 1. The smallest absolute Gasteiger partial charge is 0.407 e. The van der Waals surface area contributed by atoms with Crippen molar-refractivity contribution in [3.8, 4) is 0 Å². The van der Waals surface area contributed by atoms with Gasteiger partial charge in [0, 0.05) is 6.04 Å². The van der Waals surface area contributed by atoms with Crippen LogP contribution in [-0.4, -0.2) is 28.8 Å². The minimum Gasteiger partial charge on any atom is -0.481 e. The highest BCUT2D eigenvalue weighted by molar-refractivity contribution is 5.74. The quantitative estimate of drug-likeness (QED) is 0.817. The van der Waals surface area contributed by atoms with E-state index in [1.54, 1.807) is 20.8 Å². The molecule has 3 saturated carbocycles. The molecule has 0 aromatic carbocycles. The third-order valence-electron chi connectivity index (χ3n) is 4.95. The van der Waals surface area contributed by atoms with Gasteiger partial charge in [-0.15, -0.1) is 0 Å². The minimum absolute atomic E-state index is 0.103. The maximum absolute atomic E-state index is 11.9. The van der Waals surface area contributed by atoms with Crippen LogP contribution < -0.4 is 5.32 Å². The Morgan fingerprint density at radius 2 is 1.85 bits per heavy atom. The molecule has 0 heterocycles. The predicted octanol–water partition coefficient (Wildman–Crippen LogP) is 2.65. The van der Waals surface area contributed by atoms with Crippen LogP contribution in [0.15, 0.2) is 0 Å². The Morgan fingerprint density at radius 3 is 2.30 bits per heavy atom. The third-order valence-corrected chi connectivity index (χ3v) is 4.95. The first kappa shape index (κ1) is 15.1. The predicted molar refractivity (Wildman–Crippen MR) is 74.3 cm³/mol. The second-order valence-electron chi connectivity index (χ2n) is 7.71. The Labute approximate surface area is 120 Å². The largest absolute Gasteiger partial charge is 0.481 e. The van der Waals surface area contributed by atoms with E-state index >= 15 is 0 Å². The Bertz CT molecular complexity index is 424. The molecule has 0 aliphatic heterocycles. The Hall–Kier alpha value is -1.26. The van der Waals surface area contributed by atoms with Crippen LogP contribution in [0.1, 0.15) is 47.5 Å². The third kappa shape index (κ3) is 2.63. The van der Waals surface area contributed by atoms with Crippen molar-refractivity contribution < 1.29 is 19.4 Å². The van der Waals surface area contributed by atoms with E-state index < -0.39 is 23.6 Å². The Morgan fingerprint density at radius 1 is 1.25 bits per heavy atom. The Kier molecular flexibility index (Phi) is 3.51. The molecule has 2 N–H and O–H groups in total. The standard InChI is InChI=1S/C15H25NO4/c1-14(2,3)20-13(19)16-11-9(12(17)18)6-8-7-10(11)15(8,4)5/h8-11H,6-7H2,1-5H3,(H,16,19)(H,17,18)/t8-,9-,10-,11-/m0/s1. The zero-order valence-electron chi connectivity index (χ0n) is 12.9. The number of ether oxygens (including phenoxy) is 1. The maximum Gasteiger partial charge on any atom is 0.407 e. The molecular formula is C15H25NO4. The molecule has 4 atom stereocenters. The van der Waals surface area contributed by atoms with E-state index in [2.05, 4.69) is 19.2 Å². The van der Waals surface area contributed by atoms with Gasteiger partial charge in [0.05, 0.1) is 5.92 Å². The second-order valence-corrected chi connectivity index (χ2v) is 7.71. The summed E-state index contributed by atoms with van der Waals surface area (Å²) in [6.45, 7) is 9.71. The molecule has 0 aromatic heterocycles. The van der Waals surface area contributed by atoms with Gasteiger partial charge in [-0.1, -0.05) is 13.8 Å². The van der Waals surface area contributed by atoms with Crippen LogP contribution in [0.25, 0.3) is 0 Å². The molecule has 3 aliphatic rings. The van der Waals surface area contributed by atoms with Crippen molar-refractivity contribution >= 4 is 12.1 Å². The zero-order chi connectivity index (χ0) is 15.3. The van der Waals surface area contributed by atoms with E-state index in [1.807, 2.05) is 0 Å². The van der Waals surface area contributed by atoms with Crippen molar-refractivity contribution in [1.29, 1.82) is 0 Å². The molecule has 5 nitrogen and oxygen atoms in total. The number of aliphatic carboxylic acids is 1. The maximum atomic E-state index is 11.9. The van der Waals surface area contributed by atoms with Crippen LogP contribution in [0.3, 0.4) is 0 Å². The van der Waals surface area contributed by atoms with E-state index in [4.69, 9.17) is 4.74 Å². The summed E-state index contributed by atoms with van der Waals surface area (Å²) in [6.07, 6.45) is 1.12. The lowest BCUT2D eigenvalue weighted by molar-refractivity contribution is -0.161. The van der Waals surface area contributed by atoms with Gasteiger partial charge in [0.2, 0.25) is 0 Å². The lowest BCUT2D eigenvalue weighted by Gasteiger charge is -2.61. The molecule has 2 bridgehead atoms. The number of alkyl carbamates (subject to hydrolysis) is 1. The highest BCUT2D eigenvalue weighted by Crippen LogP contribution is 2.60. The number of nitrogens with one attached hydrogen (secondary N) is 1. The summed E-state index contributed by atoms with van der Waals surface area (Å²) in [5.74, 6) is -0.657. The molecular weight excluding hydrogens is 258 g/mol. The van der Waals surface area contributed by atoms with Crippen LogP contribution in [0.4, 0.5) is 4.79 Å². The molecule has 0 radical (unpaired) electrons. The zero-order valence-corrected chi connectivity index (χ0v) is 12.9. The van der Waals surface area contributed by atoms with Gasteiger partial charge in [-0.25, -0.2) is 4.79 Å². The molecule has 0 saturated heterocycles. The van der Waals surface area contributed by atoms with Crippen molar-refractivity contribution in [2.75, 3.05) is 0 Å². The van der Waals surface area contributed by atoms with Crippen molar-refractivity contribution in [3.63, 3.8) is 0 Å². The van der Waals surface area contributed by atoms with Crippen LogP contribution in [0, 0.1) is 23.2 Å². The Balaban J connectivity index is 2.09. The SMILES string of the molecule is CC(C)(C)OC(=O)N[C@H]1[C@@H](C(=O)O)C[C@H]2C[C@@H]1C2(C)C. The number of carbonyl (C=O) groups is 2. The van der Waals surface area contributed by atoms with Crippen molar-refractivity contribution in [2.45, 2.75) is 59.1 Å². The van der Waals surface area contributed by atoms with Gasteiger partial charge in [-0.05, 0) is 50.9 Å². The van der Waals surface area contributed by atoms with Crippen molar-refractivity contribution in [3.05, 3.63) is 0 Å². The summed E-state index contributed by atoms with van der Waals surface area (Å²) in [4.78, 5) is 23.4. The first-order chi connectivity index (χ1) is 9.02. The summed E-state index contributed by atoms with van der Waals surface area (Å²) in [5, 5.41) is 12.2. The number of amides is 1.